The Morgan fingerprint density at radius 2 is 1.43 bits per heavy atom. The molecule has 0 aromatic rings. The van der Waals surface area contributed by atoms with Crippen LogP contribution >= 0.6 is 0 Å². The second-order valence-electron chi connectivity index (χ2n) is 7.38. The van der Waals surface area contributed by atoms with Crippen LogP contribution in [0.25, 0.3) is 0 Å². The molecule has 0 radical (unpaired) electrons. The summed E-state index contributed by atoms with van der Waals surface area (Å²) in [5.74, 6) is -0.377. The van der Waals surface area contributed by atoms with Gasteiger partial charge in [-0.2, -0.15) is 0 Å². The van der Waals surface area contributed by atoms with Gasteiger partial charge in [-0.1, -0.05) is 0 Å². The minimum Gasteiger partial charge on any atom is -0.394 e. The van der Waals surface area contributed by atoms with Crippen LogP contribution in [0, 0.1) is 0 Å². The molecule has 3 aliphatic rings. The Morgan fingerprint density at radius 3 is 1.97 bits per heavy atom. The van der Waals surface area contributed by atoms with Crippen LogP contribution in [0.3, 0.4) is 0 Å². The first-order valence-corrected chi connectivity index (χ1v) is 9.41. The van der Waals surface area contributed by atoms with Gasteiger partial charge < -0.3 is 60.0 Å². The molecule has 1 amide bonds. The van der Waals surface area contributed by atoms with E-state index in [4.69, 9.17) is 18.9 Å². The molecule has 13 nitrogen and oxygen atoms in total. The van der Waals surface area contributed by atoms with Crippen molar-refractivity contribution >= 4 is 5.91 Å². The van der Waals surface area contributed by atoms with E-state index in [1.54, 1.807) is 6.92 Å². The van der Waals surface area contributed by atoms with Gasteiger partial charge in [-0.3, -0.25) is 4.79 Å². The Bertz CT molecular complexity index is 644. The van der Waals surface area contributed by atoms with Crippen molar-refractivity contribution in [1.82, 2.24) is 5.32 Å². The number of hydrogen-bond acceptors (Lipinski definition) is 12. The Hall–Kier alpha value is -1.23. The molecule has 0 aliphatic carbocycles. The Labute approximate surface area is 171 Å². The third-order valence-corrected chi connectivity index (χ3v) is 5.28. The van der Waals surface area contributed by atoms with E-state index in [-0.39, 0.29) is 5.91 Å². The highest BCUT2D eigenvalue weighted by molar-refractivity contribution is 5.95. The van der Waals surface area contributed by atoms with Crippen molar-refractivity contribution in [2.45, 2.75) is 74.6 Å². The van der Waals surface area contributed by atoms with Crippen LogP contribution in [0.2, 0.25) is 0 Å². The van der Waals surface area contributed by atoms with Gasteiger partial charge >= 0.3 is 0 Å². The highest BCUT2D eigenvalue weighted by Crippen LogP contribution is 2.30. The van der Waals surface area contributed by atoms with Crippen molar-refractivity contribution in [2.75, 3.05) is 13.2 Å². The molecule has 2 saturated heterocycles. The first kappa shape index (κ1) is 23.4. The van der Waals surface area contributed by atoms with Crippen molar-refractivity contribution in [3.63, 3.8) is 0 Å². The maximum Gasteiger partial charge on any atom is 0.248 e. The van der Waals surface area contributed by atoms with Gasteiger partial charge in [0.15, 0.2) is 18.8 Å². The van der Waals surface area contributed by atoms with Crippen LogP contribution in [0.1, 0.15) is 6.92 Å². The lowest BCUT2D eigenvalue weighted by Crippen LogP contribution is -2.65. The van der Waals surface area contributed by atoms with Crippen molar-refractivity contribution in [3.8, 4) is 0 Å². The summed E-state index contributed by atoms with van der Waals surface area (Å²) >= 11 is 0. The summed E-state index contributed by atoms with van der Waals surface area (Å²) in [5.41, 5.74) is 0.387. The average Bonchev–Trinajstić information content (AvgIpc) is 3.04. The zero-order valence-corrected chi connectivity index (χ0v) is 16.0. The van der Waals surface area contributed by atoms with Crippen LogP contribution in [0.4, 0.5) is 0 Å². The van der Waals surface area contributed by atoms with E-state index in [0.717, 1.165) is 0 Å². The quantitative estimate of drug-likeness (QED) is 0.197. The van der Waals surface area contributed by atoms with Gasteiger partial charge in [0.05, 0.1) is 13.2 Å². The molecule has 0 aromatic heterocycles. The van der Waals surface area contributed by atoms with Gasteiger partial charge in [0.1, 0.15) is 48.8 Å². The molecule has 0 spiro atoms. The maximum absolute atomic E-state index is 11.6. The van der Waals surface area contributed by atoms with Crippen molar-refractivity contribution in [3.05, 3.63) is 11.6 Å². The lowest BCUT2D eigenvalue weighted by molar-refractivity contribution is -0.362. The van der Waals surface area contributed by atoms with E-state index in [9.17, 15) is 40.5 Å². The number of rotatable bonds is 6. The normalized spacial score (nSPS) is 47.1. The van der Waals surface area contributed by atoms with E-state index in [0.29, 0.717) is 5.57 Å². The molecule has 3 rings (SSSR count). The minimum absolute atomic E-state index is 0.377. The second kappa shape index (κ2) is 9.50. The molecule has 8 N–H and O–H groups in total. The Morgan fingerprint density at radius 1 is 0.867 bits per heavy atom. The fraction of sp³-hybridized carbons (Fsp3) is 0.824. The molecule has 13 heteroatoms. The Balaban J connectivity index is 1.74. The third kappa shape index (κ3) is 4.51. The lowest BCUT2D eigenvalue weighted by Gasteiger charge is -2.46. The van der Waals surface area contributed by atoms with Gasteiger partial charge in [-0.15, -0.1) is 0 Å². The topological polar surface area (TPSA) is 208 Å². The van der Waals surface area contributed by atoms with Crippen molar-refractivity contribution in [2.24, 2.45) is 0 Å². The average molecular weight is 437 g/mol. The summed E-state index contributed by atoms with van der Waals surface area (Å²) in [6.45, 7) is 0.193. The molecular weight excluding hydrogens is 410 g/mol. The summed E-state index contributed by atoms with van der Waals surface area (Å²) in [4.78, 5) is 11.6. The predicted octanol–water partition coefficient (Wildman–Crippen LogP) is -4.97. The van der Waals surface area contributed by atoms with E-state index in [2.05, 4.69) is 5.32 Å². The summed E-state index contributed by atoms with van der Waals surface area (Å²) in [7, 11) is 0. The molecule has 0 saturated carbocycles. The minimum atomic E-state index is -1.77. The van der Waals surface area contributed by atoms with Crippen LogP contribution in [0.5, 0.6) is 0 Å². The van der Waals surface area contributed by atoms with Crippen molar-refractivity contribution in [1.29, 1.82) is 0 Å². The highest BCUT2D eigenvalue weighted by Gasteiger charge is 2.51. The number of carbonyl (C=O) groups excluding carboxylic acids is 1. The SMILES string of the molecule is CC1=C[C@@H](O[C@@H]2O[C@H](CO)[C@@H](O)[C@H](O[C@@H]3O[C@H](CO)[C@@H](O)[C@H](O)[C@H]3O)[C@H]2O)NC1=O. The maximum atomic E-state index is 11.6. The number of ether oxygens (including phenoxy) is 4. The number of aliphatic hydroxyl groups is 7. The molecule has 2 fully saturated rings. The molecule has 3 aliphatic heterocycles. The van der Waals surface area contributed by atoms with Gasteiger partial charge in [-0.05, 0) is 13.0 Å². The standard InChI is InChI=1S/C17H27NO12/c1-5-2-8(18-15(5)26)29-17-13(25)14(10(22)7(4-20)28-17)30-16-12(24)11(23)9(21)6(3-19)27-16/h2,6-14,16-17,19-25H,3-4H2,1H3,(H,18,26)/t6-,7-,8-,9-,10-,11+,12-,13-,14+,16+,17+/m1/s1. The molecule has 3 heterocycles. The van der Waals surface area contributed by atoms with E-state index in [1.165, 1.54) is 6.08 Å². The number of hydrogen-bond donors (Lipinski definition) is 8. The van der Waals surface area contributed by atoms with Crippen LogP contribution in [0.15, 0.2) is 11.6 Å². The third-order valence-electron chi connectivity index (χ3n) is 5.28. The summed E-state index contributed by atoms with van der Waals surface area (Å²) < 4.78 is 21.5. The van der Waals surface area contributed by atoms with Crippen molar-refractivity contribution < 1.29 is 59.5 Å². The number of amides is 1. The van der Waals surface area contributed by atoms with E-state index < -0.39 is 80.9 Å². The zero-order chi connectivity index (χ0) is 22.2. The lowest BCUT2D eigenvalue weighted by atomic mass is 9.97. The zero-order valence-electron chi connectivity index (χ0n) is 16.0. The number of aliphatic hydroxyl groups excluding tert-OH is 7. The fourth-order valence-electron chi connectivity index (χ4n) is 3.47. The van der Waals surface area contributed by atoms with Gasteiger partial charge in [0.25, 0.3) is 0 Å². The largest absolute Gasteiger partial charge is 0.394 e. The molecule has 11 atom stereocenters. The number of nitrogens with one attached hydrogen (secondary N) is 1. The molecule has 0 bridgehead atoms. The predicted molar refractivity (Wildman–Crippen MR) is 93.2 cm³/mol. The van der Waals surface area contributed by atoms with Crippen LogP contribution in [-0.4, -0.2) is 123 Å². The molecule has 0 unspecified atom stereocenters. The Kier molecular flexibility index (Phi) is 7.42. The summed E-state index contributed by atoms with van der Waals surface area (Å²) in [6.07, 6.45) is -15.0. The molecular formula is C17H27NO12. The summed E-state index contributed by atoms with van der Waals surface area (Å²) in [5, 5.41) is 72.1. The first-order valence-electron chi connectivity index (χ1n) is 9.41. The van der Waals surface area contributed by atoms with Crippen LogP contribution in [-0.2, 0) is 23.7 Å². The molecule has 172 valence electrons. The highest BCUT2D eigenvalue weighted by atomic mass is 16.7. The first-order chi connectivity index (χ1) is 14.2. The van der Waals surface area contributed by atoms with Gasteiger partial charge in [0, 0.05) is 5.57 Å². The second-order valence-corrected chi connectivity index (χ2v) is 7.38. The number of carbonyl (C=O) groups is 1. The summed E-state index contributed by atoms with van der Waals surface area (Å²) in [6, 6.07) is 0. The van der Waals surface area contributed by atoms with Crippen LogP contribution < -0.4 is 5.32 Å². The van der Waals surface area contributed by atoms with Gasteiger partial charge in [-0.25, -0.2) is 0 Å². The molecule has 30 heavy (non-hydrogen) atoms. The monoisotopic (exact) mass is 437 g/mol. The van der Waals surface area contributed by atoms with Gasteiger partial charge in [0.2, 0.25) is 5.91 Å². The fourth-order valence-corrected chi connectivity index (χ4v) is 3.47. The van der Waals surface area contributed by atoms with E-state index >= 15 is 0 Å². The molecule has 0 aromatic carbocycles. The van der Waals surface area contributed by atoms with E-state index in [1.807, 2.05) is 0 Å². The smallest absolute Gasteiger partial charge is 0.248 e.